The lowest BCUT2D eigenvalue weighted by atomic mass is 9.74. The van der Waals surface area contributed by atoms with Crippen LogP contribution in [0.3, 0.4) is 0 Å². The number of fused-ring (bicyclic) bond motifs is 1. The summed E-state index contributed by atoms with van der Waals surface area (Å²) < 4.78 is 11.4. The first-order chi connectivity index (χ1) is 12.4. The molecule has 0 aromatic heterocycles. The zero-order valence-electron chi connectivity index (χ0n) is 14.7. The van der Waals surface area contributed by atoms with Gasteiger partial charge in [0, 0.05) is 23.6 Å². The maximum absolute atomic E-state index is 13.3. The van der Waals surface area contributed by atoms with Crippen LogP contribution in [-0.2, 0) is 14.3 Å². The van der Waals surface area contributed by atoms with Gasteiger partial charge in [0.15, 0.2) is 0 Å². The van der Waals surface area contributed by atoms with Gasteiger partial charge in [0.25, 0.3) is 0 Å². The molecule has 6 heteroatoms. The molecule has 0 aliphatic carbocycles. The molecule has 1 amide bonds. The Morgan fingerprint density at radius 3 is 2.88 bits per heavy atom. The normalized spacial score (nSPS) is 34.2. The molecule has 2 bridgehead atoms. The number of nitrogens with zero attached hydrogens (tertiary/aromatic N) is 1. The summed E-state index contributed by atoms with van der Waals surface area (Å²) in [5, 5.41) is 11.7. The van der Waals surface area contributed by atoms with Crippen molar-refractivity contribution >= 4 is 17.6 Å². The average molecular weight is 354 g/mol. The zero-order valence-corrected chi connectivity index (χ0v) is 14.7. The van der Waals surface area contributed by atoms with Gasteiger partial charge in [0.05, 0.1) is 25.2 Å². The lowest BCUT2D eigenvalue weighted by Gasteiger charge is -2.33. The average Bonchev–Trinajstić information content (AvgIpc) is 3.24. The number of carboxylic acids is 1. The standard InChI is InChI=1S/C20H21NO5/c1-11(2)9-15-20-8-7-14(26-20)16(19(23)24)17(20)18(22)21(15)12-5-4-6-13(10-12)25-3/h4-8,10,14-17H,1,9H2,2-3H3,(H,23,24)/p-1/t14-,15-,16+,17+,20+/m0/s1. The van der Waals surface area contributed by atoms with Crippen LogP contribution in [0.1, 0.15) is 13.3 Å². The van der Waals surface area contributed by atoms with Crippen LogP contribution in [0, 0.1) is 11.8 Å². The maximum atomic E-state index is 13.3. The fraction of sp³-hybridized carbons (Fsp3) is 0.400. The quantitative estimate of drug-likeness (QED) is 0.739. The molecule has 3 heterocycles. The lowest BCUT2D eigenvalue weighted by molar-refractivity contribution is -0.313. The van der Waals surface area contributed by atoms with E-state index in [1.54, 1.807) is 36.3 Å². The molecular weight excluding hydrogens is 334 g/mol. The van der Waals surface area contributed by atoms with E-state index in [1.807, 2.05) is 19.1 Å². The number of carboxylic acid groups (broad SMARTS) is 1. The van der Waals surface area contributed by atoms with Crippen molar-refractivity contribution in [2.45, 2.75) is 31.1 Å². The Kier molecular flexibility index (Phi) is 3.70. The van der Waals surface area contributed by atoms with Gasteiger partial charge >= 0.3 is 0 Å². The first-order valence-corrected chi connectivity index (χ1v) is 8.58. The molecule has 2 saturated heterocycles. The molecule has 3 aliphatic heterocycles. The number of ether oxygens (including phenoxy) is 2. The third-order valence-electron chi connectivity index (χ3n) is 5.57. The number of amides is 1. The van der Waals surface area contributed by atoms with Crippen molar-refractivity contribution in [1.29, 1.82) is 0 Å². The molecule has 4 rings (SSSR count). The minimum Gasteiger partial charge on any atom is -0.550 e. The fourth-order valence-corrected chi connectivity index (χ4v) is 4.57. The van der Waals surface area contributed by atoms with Crippen LogP contribution in [0.4, 0.5) is 5.69 Å². The van der Waals surface area contributed by atoms with Gasteiger partial charge in [-0.25, -0.2) is 0 Å². The Morgan fingerprint density at radius 2 is 2.23 bits per heavy atom. The van der Waals surface area contributed by atoms with E-state index in [9.17, 15) is 14.7 Å². The number of hydrogen-bond acceptors (Lipinski definition) is 5. The van der Waals surface area contributed by atoms with Crippen LogP contribution in [-0.4, -0.2) is 36.7 Å². The molecule has 136 valence electrons. The molecule has 1 aromatic carbocycles. The third kappa shape index (κ3) is 2.15. The van der Waals surface area contributed by atoms with Crippen LogP contribution in [0.5, 0.6) is 5.75 Å². The van der Waals surface area contributed by atoms with Gasteiger partial charge in [-0.2, -0.15) is 0 Å². The van der Waals surface area contributed by atoms with E-state index in [0.717, 1.165) is 5.57 Å². The number of carbonyl (C=O) groups is 2. The number of hydrogen-bond donors (Lipinski definition) is 0. The molecule has 0 unspecified atom stereocenters. The van der Waals surface area contributed by atoms with Crippen molar-refractivity contribution in [3.8, 4) is 5.75 Å². The number of carbonyl (C=O) groups excluding carboxylic acids is 2. The highest BCUT2D eigenvalue weighted by Crippen LogP contribution is 2.56. The third-order valence-corrected chi connectivity index (χ3v) is 5.57. The van der Waals surface area contributed by atoms with Gasteiger partial charge in [-0.05, 0) is 25.5 Å². The molecule has 0 radical (unpaired) electrons. The molecule has 0 N–H and O–H groups in total. The topological polar surface area (TPSA) is 78.9 Å². The van der Waals surface area contributed by atoms with Crippen LogP contribution in [0.2, 0.25) is 0 Å². The Balaban J connectivity index is 1.84. The predicted octanol–water partition coefficient (Wildman–Crippen LogP) is 1.07. The van der Waals surface area contributed by atoms with Gasteiger partial charge in [0.1, 0.15) is 11.4 Å². The highest BCUT2D eigenvalue weighted by atomic mass is 16.5. The minimum absolute atomic E-state index is 0.259. The van der Waals surface area contributed by atoms with Crippen LogP contribution >= 0.6 is 0 Å². The summed E-state index contributed by atoms with van der Waals surface area (Å²) in [6, 6.07) is 6.81. The number of aliphatic carboxylic acids is 1. The molecular formula is C20H20NO5-. The van der Waals surface area contributed by atoms with Crippen molar-refractivity contribution in [1.82, 2.24) is 0 Å². The zero-order chi connectivity index (χ0) is 18.6. The molecule has 26 heavy (non-hydrogen) atoms. The van der Waals surface area contributed by atoms with E-state index in [0.29, 0.717) is 17.9 Å². The minimum atomic E-state index is -1.25. The Morgan fingerprint density at radius 1 is 1.46 bits per heavy atom. The van der Waals surface area contributed by atoms with Crippen LogP contribution in [0.15, 0.2) is 48.6 Å². The molecule has 1 spiro atoms. The van der Waals surface area contributed by atoms with E-state index in [2.05, 4.69) is 6.58 Å². The summed E-state index contributed by atoms with van der Waals surface area (Å²) in [6.45, 7) is 5.87. The van der Waals surface area contributed by atoms with Gasteiger partial charge < -0.3 is 24.3 Å². The van der Waals surface area contributed by atoms with Gasteiger partial charge in [-0.3, -0.25) is 4.79 Å². The monoisotopic (exact) mass is 354 g/mol. The summed E-state index contributed by atoms with van der Waals surface area (Å²) in [6.07, 6.45) is 3.49. The van der Waals surface area contributed by atoms with E-state index in [-0.39, 0.29) is 11.9 Å². The highest BCUT2D eigenvalue weighted by molar-refractivity contribution is 6.03. The first kappa shape index (κ1) is 16.8. The van der Waals surface area contributed by atoms with Crippen molar-refractivity contribution in [3.63, 3.8) is 0 Å². The summed E-state index contributed by atoms with van der Waals surface area (Å²) in [5.74, 6) is -2.66. The molecule has 1 aromatic rings. The van der Waals surface area contributed by atoms with Crippen LogP contribution in [0.25, 0.3) is 0 Å². The summed E-state index contributed by atoms with van der Waals surface area (Å²) in [4.78, 5) is 26.7. The number of methoxy groups -OCH3 is 1. The second kappa shape index (κ2) is 5.71. The molecule has 3 aliphatic rings. The van der Waals surface area contributed by atoms with Crippen molar-refractivity contribution < 1.29 is 24.2 Å². The van der Waals surface area contributed by atoms with Crippen LogP contribution < -0.4 is 14.7 Å². The number of rotatable bonds is 5. The number of benzene rings is 1. The predicted molar refractivity (Wildman–Crippen MR) is 92.4 cm³/mol. The van der Waals surface area contributed by atoms with E-state index >= 15 is 0 Å². The molecule has 5 atom stereocenters. The van der Waals surface area contributed by atoms with E-state index < -0.39 is 29.5 Å². The first-order valence-electron chi connectivity index (χ1n) is 8.58. The molecule has 6 nitrogen and oxygen atoms in total. The van der Waals surface area contributed by atoms with Crippen molar-refractivity contribution in [2.24, 2.45) is 11.8 Å². The van der Waals surface area contributed by atoms with Gasteiger partial charge in [-0.15, -0.1) is 6.58 Å². The smallest absolute Gasteiger partial charge is 0.234 e. The Labute approximate surface area is 151 Å². The maximum Gasteiger partial charge on any atom is 0.234 e. The second-order valence-electron chi connectivity index (χ2n) is 7.20. The molecule has 0 saturated carbocycles. The lowest BCUT2D eigenvalue weighted by Crippen LogP contribution is -2.46. The Bertz CT molecular complexity index is 831. The summed E-state index contributed by atoms with van der Waals surface area (Å²) >= 11 is 0. The van der Waals surface area contributed by atoms with E-state index in [4.69, 9.17) is 9.47 Å². The highest BCUT2D eigenvalue weighted by Gasteiger charge is 2.69. The fourth-order valence-electron chi connectivity index (χ4n) is 4.57. The molecule has 2 fully saturated rings. The van der Waals surface area contributed by atoms with Crippen molar-refractivity contribution in [2.75, 3.05) is 12.0 Å². The van der Waals surface area contributed by atoms with Crippen molar-refractivity contribution in [3.05, 3.63) is 48.6 Å². The number of anilines is 1. The van der Waals surface area contributed by atoms with Gasteiger partial charge in [0.2, 0.25) is 5.91 Å². The second-order valence-corrected chi connectivity index (χ2v) is 7.20. The van der Waals surface area contributed by atoms with Gasteiger partial charge in [-0.1, -0.05) is 23.8 Å². The SMILES string of the molecule is C=C(C)C[C@@H]1N(c2cccc(OC)c2)C(=O)[C@H]2[C@H](C(=O)[O-])[C@@H]3C=C[C@@]12O3. The summed E-state index contributed by atoms with van der Waals surface area (Å²) in [7, 11) is 1.56. The summed E-state index contributed by atoms with van der Waals surface area (Å²) in [5.41, 5.74) is 0.583. The van der Waals surface area contributed by atoms with E-state index in [1.165, 1.54) is 0 Å². The largest absolute Gasteiger partial charge is 0.550 e. The Hall–Kier alpha value is -2.60.